The van der Waals surface area contributed by atoms with Crippen molar-refractivity contribution < 1.29 is 4.84 Å². The van der Waals surface area contributed by atoms with Crippen LogP contribution in [-0.2, 0) is 11.4 Å². The molecule has 0 atom stereocenters. The second-order valence-electron chi connectivity index (χ2n) is 5.34. The van der Waals surface area contributed by atoms with Gasteiger partial charge in [-0.2, -0.15) is 0 Å². The standard InChI is InChI=1S/C22H16ClNO/c23-22-14-13-20(12-11-18-7-3-1-4-8-18)21(15-22)16-24-25-17-19-9-5-2-6-10-19/h1-10,13-16H,17H2/b24-16+. The van der Waals surface area contributed by atoms with Gasteiger partial charge in [-0.15, -0.1) is 0 Å². The Kier molecular flexibility index (Phi) is 5.87. The predicted octanol–water partition coefficient (Wildman–Crippen LogP) is 5.29. The van der Waals surface area contributed by atoms with E-state index >= 15 is 0 Å². The van der Waals surface area contributed by atoms with Gasteiger partial charge in [-0.1, -0.05) is 77.1 Å². The first-order valence-electron chi connectivity index (χ1n) is 7.87. The number of halogens is 1. The zero-order chi connectivity index (χ0) is 17.3. The normalized spacial score (nSPS) is 10.3. The first-order chi connectivity index (χ1) is 12.3. The van der Waals surface area contributed by atoms with E-state index in [1.807, 2.05) is 78.9 Å². The molecule has 0 fully saturated rings. The molecule has 2 nitrogen and oxygen atoms in total. The van der Waals surface area contributed by atoms with E-state index in [1.165, 1.54) is 0 Å². The summed E-state index contributed by atoms with van der Waals surface area (Å²) in [6.07, 6.45) is 1.64. The lowest BCUT2D eigenvalue weighted by molar-refractivity contribution is 0.132. The van der Waals surface area contributed by atoms with Crippen molar-refractivity contribution in [3.8, 4) is 11.8 Å². The van der Waals surface area contributed by atoms with Crippen molar-refractivity contribution in [3.63, 3.8) is 0 Å². The molecule has 122 valence electrons. The van der Waals surface area contributed by atoms with Gasteiger partial charge >= 0.3 is 0 Å². The van der Waals surface area contributed by atoms with Crippen molar-refractivity contribution in [2.75, 3.05) is 0 Å². The maximum Gasteiger partial charge on any atom is 0.142 e. The maximum absolute atomic E-state index is 6.09. The Bertz CT molecular complexity index is 909. The molecular formula is C22H16ClNO. The fraction of sp³-hybridized carbons (Fsp3) is 0.0455. The number of hydrogen-bond acceptors (Lipinski definition) is 2. The number of hydrogen-bond donors (Lipinski definition) is 0. The molecule has 3 aromatic carbocycles. The molecule has 0 amide bonds. The monoisotopic (exact) mass is 345 g/mol. The van der Waals surface area contributed by atoms with Crippen LogP contribution in [0.4, 0.5) is 0 Å². The molecule has 25 heavy (non-hydrogen) atoms. The Labute approximate surface area is 152 Å². The fourth-order valence-corrected chi connectivity index (χ4v) is 2.38. The summed E-state index contributed by atoms with van der Waals surface area (Å²) < 4.78 is 0. The summed E-state index contributed by atoms with van der Waals surface area (Å²) in [7, 11) is 0. The highest BCUT2D eigenvalue weighted by atomic mass is 35.5. The van der Waals surface area contributed by atoms with Crippen molar-refractivity contribution >= 4 is 17.8 Å². The van der Waals surface area contributed by atoms with Crippen LogP contribution in [0.3, 0.4) is 0 Å². The average molecular weight is 346 g/mol. The Morgan fingerprint density at radius 3 is 2.36 bits per heavy atom. The number of rotatable bonds is 4. The van der Waals surface area contributed by atoms with Crippen molar-refractivity contribution in [1.29, 1.82) is 0 Å². The van der Waals surface area contributed by atoms with Crippen LogP contribution in [0, 0.1) is 11.8 Å². The molecule has 0 bridgehead atoms. The van der Waals surface area contributed by atoms with Crippen LogP contribution < -0.4 is 0 Å². The third-order valence-corrected chi connectivity index (χ3v) is 3.70. The van der Waals surface area contributed by atoms with Crippen LogP contribution in [0.1, 0.15) is 22.3 Å². The molecule has 0 aliphatic rings. The number of oxime groups is 1. The van der Waals surface area contributed by atoms with Crippen LogP contribution in [-0.4, -0.2) is 6.21 Å². The third kappa shape index (κ3) is 5.24. The third-order valence-electron chi connectivity index (χ3n) is 3.47. The minimum atomic E-state index is 0.420. The molecule has 3 aromatic rings. The summed E-state index contributed by atoms with van der Waals surface area (Å²) in [6, 6.07) is 25.3. The molecule has 3 rings (SSSR count). The van der Waals surface area contributed by atoms with Crippen molar-refractivity contribution in [2.24, 2.45) is 5.16 Å². The molecule has 0 aliphatic heterocycles. The average Bonchev–Trinajstić information content (AvgIpc) is 2.66. The molecule has 0 heterocycles. The van der Waals surface area contributed by atoms with Gasteiger partial charge in [0.1, 0.15) is 6.61 Å². The summed E-state index contributed by atoms with van der Waals surface area (Å²) in [5, 5.41) is 4.68. The van der Waals surface area contributed by atoms with E-state index < -0.39 is 0 Å². The highest BCUT2D eigenvalue weighted by molar-refractivity contribution is 6.30. The minimum absolute atomic E-state index is 0.420. The van der Waals surface area contributed by atoms with Crippen molar-refractivity contribution in [1.82, 2.24) is 0 Å². The van der Waals surface area contributed by atoms with Crippen LogP contribution in [0.2, 0.25) is 5.02 Å². The zero-order valence-electron chi connectivity index (χ0n) is 13.5. The van der Waals surface area contributed by atoms with Gasteiger partial charge in [0.2, 0.25) is 0 Å². The van der Waals surface area contributed by atoms with E-state index in [2.05, 4.69) is 17.0 Å². The second-order valence-corrected chi connectivity index (χ2v) is 5.78. The fourth-order valence-electron chi connectivity index (χ4n) is 2.20. The molecule has 0 spiro atoms. The highest BCUT2D eigenvalue weighted by Gasteiger charge is 1.99. The lowest BCUT2D eigenvalue weighted by Crippen LogP contribution is -1.91. The van der Waals surface area contributed by atoms with Crippen molar-refractivity contribution in [3.05, 3.63) is 106 Å². The largest absolute Gasteiger partial charge is 0.391 e. The first kappa shape index (κ1) is 16.8. The molecular weight excluding hydrogens is 330 g/mol. The molecule has 0 radical (unpaired) electrons. The van der Waals surface area contributed by atoms with Gasteiger partial charge in [0.25, 0.3) is 0 Å². The van der Waals surface area contributed by atoms with Gasteiger partial charge in [-0.05, 0) is 35.9 Å². The summed E-state index contributed by atoms with van der Waals surface area (Å²) >= 11 is 6.09. The summed E-state index contributed by atoms with van der Waals surface area (Å²) in [5.41, 5.74) is 3.69. The summed E-state index contributed by atoms with van der Waals surface area (Å²) in [6.45, 7) is 0.420. The van der Waals surface area contributed by atoms with Gasteiger partial charge in [0.15, 0.2) is 0 Å². The number of nitrogens with zero attached hydrogens (tertiary/aromatic N) is 1. The van der Waals surface area contributed by atoms with E-state index in [0.717, 1.165) is 22.3 Å². The Balaban J connectivity index is 1.73. The summed E-state index contributed by atoms with van der Waals surface area (Å²) in [5.74, 6) is 6.30. The lowest BCUT2D eigenvalue weighted by Gasteiger charge is -2.01. The molecule has 0 aliphatic carbocycles. The zero-order valence-corrected chi connectivity index (χ0v) is 14.3. The van der Waals surface area contributed by atoms with Gasteiger partial charge in [0.05, 0.1) is 6.21 Å². The molecule has 0 saturated carbocycles. The van der Waals surface area contributed by atoms with Crippen molar-refractivity contribution in [2.45, 2.75) is 6.61 Å². The Hall–Kier alpha value is -3.02. The topological polar surface area (TPSA) is 21.6 Å². The van der Waals surface area contributed by atoms with Crippen LogP contribution in [0.5, 0.6) is 0 Å². The molecule has 0 saturated heterocycles. The van der Waals surface area contributed by atoms with Crippen LogP contribution in [0.25, 0.3) is 0 Å². The first-order valence-corrected chi connectivity index (χ1v) is 8.25. The van der Waals surface area contributed by atoms with Gasteiger partial charge < -0.3 is 4.84 Å². The van der Waals surface area contributed by atoms with E-state index in [4.69, 9.17) is 16.4 Å². The molecule has 0 aromatic heterocycles. The van der Waals surface area contributed by atoms with Gasteiger partial charge in [-0.3, -0.25) is 0 Å². The highest BCUT2D eigenvalue weighted by Crippen LogP contribution is 2.14. The van der Waals surface area contributed by atoms with E-state index in [-0.39, 0.29) is 0 Å². The van der Waals surface area contributed by atoms with E-state index in [9.17, 15) is 0 Å². The maximum atomic E-state index is 6.09. The SMILES string of the molecule is Clc1ccc(C#Cc2ccccc2)c(/C=N/OCc2ccccc2)c1. The lowest BCUT2D eigenvalue weighted by atomic mass is 10.1. The summed E-state index contributed by atoms with van der Waals surface area (Å²) in [4.78, 5) is 5.36. The molecule has 0 N–H and O–H groups in total. The van der Waals surface area contributed by atoms with E-state index in [1.54, 1.807) is 6.21 Å². The Morgan fingerprint density at radius 2 is 1.60 bits per heavy atom. The Morgan fingerprint density at radius 1 is 0.880 bits per heavy atom. The van der Waals surface area contributed by atoms with Crippen LogP contribution in [0.15, 0.2) is 84.0 Å². The minimum Gasteiger partial charge on any atom is -0.391 e. The second kappa shape index (κ2) is 8.73. The molecule has 3 heteroatoms. The predicted molar refractivity (Wildman–Crippen MR) is 103 cm³/mol. The smallest absolute Gasteiger partial charge is 0.142 e. The van der Waals surface area contributed by atoms with Gasteiger partial charge in [0, 0.05) is 21.7 Å². The van der Waals surface area contributed by atoms with E-state index in [0.29, 0.717) is 11.6 Å². The molecule has 0 unspecified atom stereocenters. The van der Waals surface area contributed by atoms with Crippen LogP contribution >= 0.6 is 11.6 Å². The van der Waals surface area contributed by atoms with Gasteiger partial charge in [-0.25, -0.2) is 0 Å². The quantitative estimate of drug-likeness (QED) is 0.357. The number of benzene rings is 3.